The molecule has 0 unspecified atom stereocenters. The van der Waals surface area contributed by atoms with Crippen molar-refractivity contribution in [2.75, 3.05) is 7.11 Å². The number of rotatable bonds is 4. The molecular formula is C26H26O4. The van der Waals surface area contributed by atoms with Crippen molar-refractivity contribution in [2.45, 2.75) is 43.9 Å². The van der Waals surface area contributed by atoms with E-state index in [2.05, 4.69) is 18.2 Å². The first-order valence-electron chi connectivity index (χ1n) is 11.0. The van der Waals surface area contributed by atoms with Crippen LogP contribution in [0.2, 0.25) is 0 Å². The van der Waals surface area contributed by atoms with Gasteiger partial charge in [0, 0.05) is 16.5 Å². The number of methoxy groups -OCH3 is 1. The van der Waals surface area contributed by atoms with Crippen LogP contribution in [0.3, 0.4) is 0 Å². The fraction of sp³-hybridized carbons (Fsp3) is 0.423. The Morgan fingerprint density at radius 3 is 2.33 bits per heavy atom. The Labute approximate surface area is 175 Å². The van der Waals surface area contributed by atoms with Crippen LogP contribution in [-0.2, 0) is 5.41 Å². The Balaban J connectivity index is 1.44. The molecule has 154 valence electrons. The van der Waals surface area contributed by atoms with Crippen molar-refractivity contribution in [3.63, 3.8) is 0 Å². The molecule has 0 saturated heterocycles. The van der Waals surface area contributed by atoms with Crippen molar-refractivity contribution in [3.8, 4) is 17.1 Å². The van der Waals surface area contributed by atoms with E-state index in [1.807, 2.05) is 6.07 Å². The van der Waals surface area contributed by atoms with Gasteiger partial charge in [0.15, 0.2) is 0 Å². The smallest absolute Gasteiger partial charge is 0.335 e. The molecule has 3 aromatic rings. The minimum absolute atomic E-state index is 0.235. The van der Waals surface area contributed by atoms with Crippen molar-refractivity contribution in [2.24, 2.45) is 17.8 Å². The molecule has 4 fully saturated rings. The Bertz CT molecular complexity index is 1120. The number of carboxylic acids is 1. The second kappa shape index (κ2) is 6.37. The number of aromatic carboxylic acids is 1. The van der Waals surface area contributed by atoms with E-state index in [1.54, 1.807) is 25.3 Å². The molecule has 0 radical (unpaired) electrons. The second-order valence-corrected chi connectivity index (χ2v) is 9.78. The fourth-order valence-electron chi connectivity index (χ4n) is 7.03. The summed E-state index contributed by atoms with van der Waals surface area (Å²) in [5.41, 5.74) is 3.60. The molecule has 7 rings (SSSR count). The van der Waals surface area contributed by atoms with Gasteiger partial charge in [0.2, 0.25) is 0 Å². The number of ether oxygens (including phenoxy) is 1. The summed E-state index contributed by atoms with van der Waals surface area (Å²) in [5, 5.41) is 10.1. The molecule has 4 bridgehead atoms. The Morgan fingerprint density at radius 1 is 1.00 bits per heavy atom. The highest BCUT2D eigenvalue weighted by Crippen LogP contribution is 2.62. The second-order valence-electron chi connectivity index (χ2n) is 9.78. The van der Waals surface area contributed by atoms with Gasteiger partial charge in [-0.2, -0.15) is 0 Å². The van der Waals surface area contributed by atoms with E-state index in [1.165, 1.54) is 44.1 Å². The molecule has 1 N–H and O–H groups in total. The van der Waals surface area contributed by atoms with Crippen molar-refractivity contribution in [1.29, 1.82) is 0 Å². The predicted octanol–water partition coefficient (Wildman–Crippen LogP) is 6.27. The van der Waals surface area contributed by atoms with Crippen molar-refractivity contribution < 1.29 is 19.1 Å². The van der Waals surface area contributed by atoms with Gasteiger partial charge in [0.1, 0.15) is 17.1 Å². The van der Waals surface area contributed by atoms with Crippen molar-refractivity contribution in [1.82, 2.24) is 0 Å². The number of furan rings is 1. The highest BCUT2D eigenvalue weighted by Gasteiger charge is 2.52. The number of benzene rings is 2. The summed E-state index contributed by atoms with van der Waals surface area (Å²) in [4.78, 5) is 11.3. The molecule has 30 heavy (non-hydrogen) atoms. The normalized spacial score (nSPS) is 29.4. The number of carboxylic acid groups (broad SMARTS) is 1. The van der Waals surface area contributed by atoms with Gasteiger partial charge in [-0.15, -0.1) is 0 Å². The van der Waals surface area contributed by atoms with Gasteiger partial charge >= 0.3 is 5.97 Å². The minimum atomic E-state index is -0.923. The molecule has 4 heteroatoms. The van der Waals surface area contributed by atoms with Crippen LogP contribution in [-0.4, -0.2) is 18.2 Å². The van der Waals surface area contributed by atoms with Gasteiger partial charge in [-0.1, -0.05) is 0 Å². The van der Waals surface area contributed by atoms with E-state index in [0.717, 1.165) is 40.2 Å². The molecule has 0 amide bonds. The molecule has 4 aliphatic carbocycles. The molecule has 0 atom stereocenters. The molecule has 2 aromatic carbocycles. The zero-order valence-corrected chi connectivity index (χ0v) is 17.2. The van der Waals surface area contributed by atoms with E-state index in [-0.39, 0.29) is 11.0 Å². The summed E-state index contributed by atoms with van der Waals surface area (Å²) in [6.07, 6.45) is 8.08. The van der Waals surface area contributed by atoms with Gasteiger partial charge in [-0.05, 0) is 104 Å². The highest BCUT2D eigenvalue weighted by atomic mass is 16.5. The summed E-state index contributed by atoms with van der Waals surface area (Å²) >= 11 is 0. The van der Waals surface area contributed by atoms with Crippen LogP contribution in [0, 0.1) is 17.8 Å². The zero-order chi connectivity index (χ0) is 20.5. The number of fused-ring (bicyclic) bond motifs is 1. The maximum absolute atomic E-state index is 11.3. The van der Waals surface area contributed by atoms with Gasteiger partial charge in [-0.25, -0.2) is 4.79 Å². The number of hydrogen-bond donors (Lipinski definition) is 1. The van der Waals surface area contributed by atoms with Crippen LogP contribution in [0.1, 0.15) is 54.4 Å². The number of carbonyl (C=O) groups is 1. The summed E-state index contributed by atoms with van der Waals surface area (Å²) < 4.78 is 11.9. The molecule has 4 saturated carbocycles. The van der Waals surface area contributed by atoms with E-state index in [9.17, 15) is 9.90 Å². The summed E-state index contributed by atoms with van der Waals surface area (Å²) in [5.74, 6) is 3.44. The third kappa shape index (κ3) is 2.69. The predicted molar refractivity (Wildman–Crippen MR) is 115 cm³/mol. The van der Waals surface area contributed by atoms with E-state index < -0.39 is 5.97 Å². The maximum atomic E-state index is 11.3. The van der Waals surface area contributed by atoms with E-state index in [0.29, 0.717) is 5.58 Å². The molecular weight excluding hydrogens is 376 g/mol. The molecule has 0 spiro atoms. The van der Waals surface area contributed by atoms with Crippen LogP contribution >= 0.6 is 0 Å². The highest BCUT2D eigenvalue weighted by molar-refractivity contribution is 5.94. The molecule has 1 aromatic heterocycles. The summed E-state index contributed by atoms with van der Waals surface area (Å²) in [7, 11) is 1.77. The average Bonchev–Trinajstić information content (AvgIpc) is 3.15. The van der Waals surface area contributed by atoms with E-state index >= 15 is 0 Å². The Kier molecular flexibility index (Phi) is 3.83. The lowest BCUT2D eigenvalue weighted by atomic mass is 9.48. The van der Waals surface area contributed by atoms with Crippen molar-refractivity contribution in [3.05, 3.63) is 53.6 Å². The first-order chi connectivity index (χ1) is 14.5. The first-order valence-corrected chi connectivity index (χ1v) is 11.0. The van der Waals surface area contributed by atoms with Crippen LogP contribution < -0.4 is 4.74 Å². The minimum Gasteiger partial charge on any atom is -0.496 e. The van der Waals surface area contributed by atoms with Gasteiger partial charge in [0.05, 0.1) is 12.7 Å². The Hall–Kier alpha value is -2.75. The maximum Gasteiger partial charge on any atom is 0.335 e. The van der Waals surface area contributed by atoms with Crippen LogP contribution in [0.4, 0.5) is 0 Å². The number of hydrogen-bond acceptors (Lipinski definition) is 3. The van der Waals surface area contributed by atoms with Gasteiger partial charge in [-0.3, -0.25) is 0 Å². The summed E-state index contributed by atoms with van der Waals surface area (Å²) in [6, 6.07) is 13.4. The summed E-state index contributed by atoms with van der Waals surface area (Å²) in [6.45, 7) is 0. The van der Waals surface area contributed by atoms with Gasteiger partial charge < -0.3 is 14.3 Å². The van der Waals surface area contributed by atoms with Gasteiger partial charge in [0.25, 0.3) is 0 Å². The first kappa shape index (κ1) is 18.1. The van der Waals surface area contributed by atoms with Crippen LogP contribution in [0.25, 0.3) is 22.3 Å². The lowest BCUT2D eigenvalue weighted by Crippen LogP contribution is -2.48. The largest absolute Gasteiger partial charge is 0.496 e. The quantitative estimate of drug-likeness (QED) is 0.558. The lowest BCUT2D eigenvalue weighted by Gasteiger charge is -2.57. The van der Waals surface area contributed by atoms with Crippen molar-refractivity contribution >= 4 is 16.9 Å². The third-order valence-corrected chi connectivity index (χ3v) is 7.86. The molecule has 4 aliphatic rings. The standard InChI is InChI=1S/C26H26O4/c1-29-23-5-2-18(24-11-20-9-19(25(27)28)3-4-22(20)30-24)10-21(23)26-12-15-6-16(13-26)8-17(7-15)14-26/h2-5,9-11,15-17H,6-8,12-14H2,1H3,(H,27,28). The molecule has 1 heterocycles. The zero-order valence-electron chi connectivity index (χ0n) is 17.2. The topological polar surface area (TPSA) is 59.7 Å². The fourth-order valence-corrected chi connectivity index (χ4v) is 7.03. The van der Waals surface area contributed by atoms with Crippen LogP contribution in [0.15, 0.2) is 46.9 Å². The third-order valence-electron chi connectivity index (χ3n) is 7.86. The molecule has 0 aliphatic heterocycles. The Morgan fingerprint density at radius 2 is 1.70 bits per heavy atom. The van der Waals surface area contributed by atoms with E-state index in [4.69, 9.17) is 9.15 Å². The SMILES string of the molecule is COc1ccc(-c2cc3cc(C(=O)O)ccc3o2)cc1C12CC3CC(CC(C3)C1)C2. The average molecular weight is 402 g/mol. The molecule has 4 nitrogen and oxygen atoms in total. The monoisotopic (exact) mass is 402 g/mol. The lowest BCUT2D eigenvalue weighted by molar-refractivity contribution is -0.00613. The van der Waals surface area contributed by atoms with Crippen LogP contribution in [0.5, 0.6) is 5.75 Å².